The molecule has 9 rings (SSSR count). The lowest BCUT2D eigenvalue weighted by atomic mass is 9.75. The lowest BCUT2D eigenvalue weighted by Gasteiger charge is -2.34. The predicted octanol–water partition coefficient (Wildman–Crippen LogP) is 12.7. The number of fused-ring (bicyclic) bond motifs is 9. The van der Waals surface area contributed by atoms with E-state index in [0.29, 0.717) is 17.8 Å². The molecule has 2 nitrogen and oxygen atoms in total. The van der Waals surface area contributed by atoms with Crippen LogP contribution in [-0.4, -0.2) is 8.07 Å². The van der Waals surface area contributed by atoms with Crippen LogP contribution in [0.1, 0.15) is 98.9 Å². The summed E-state index contributed by atoms with van der Waals surface area (Å²) in [6, 6.07) is 43.8. The van der Waals surface area contributed by atoms with Crippen LogP contribution in [0, 0.1) is 5.92 Å². The molecule has 3 heteroatoms. The second-order valence-corrected chi connectivity index (χ2v) is 23.8. The van der Waals surface area contributed by atoms with Crippen LogP contribution in [0.25, 0.3) is 44.8 Å². The molecule has 6 aromatic rings. The van der Waals surface area contributed by atoms with Crippen LogP contribution < -0.4 is 14.3 Å². The van der Waals surface area contributed by atoms with Crippen LogP contribution in [0.3, 0.4) is 0 Å². The van der Waals surface area contributed by atoms with E-state index in [1.54, 1.807) is 10.8 Å². The summed E-state index contributed by atoms with van der Waals surface area (Å²) in [7, 11) is -1.72. The maximum atomic E-state index is 5.09. The first-order valence-electron chi connectivity index (χ1n) is 21.7. The fraction of sp³-hybridized carbons (Fsp3) is 0.333. The fourth-order valence-electron chi connectivity index (χ4n) is 10.7. The molecule has 4 aromatic carbocycles. The summed E-state index contributed by atoms with van der Waals surface area (Å²) in [6.45, 7) is 20.7. The van der Waals surface area contributed by atoms with Gasteiger partial charge in [-0.25, -0.2) is 0 Å². The van der Waals surface area contributed by atoms with Crippen molar-refractivity contribution in [2.45, 2.75) is 109 Å². The monoisotopic (exact) mass is 764 g/mol. The Hall–Kier alpha value is -4.86. The Balaban J connectivity index is 1.27. The van der Waals surface area contributed by atoms with Crippen LogP contribution in [0.4, 0.5) is 0 Å². The SMILES string of the molecule is C=C1C[n+]2cc(C(C)C)c(-c3ccccc3)cc2-c2ccc(-c3ccccc3)cc2CCC2c3ccccc3-c3cc(C(C)C4CCCC4)c([Si](C)(C)C)c[n+]3C12. The molecule has 0 spiro atoms. The van der Waals surface area contributed by atoms with Crippen LogP contribution in [0.2, 0.25) is 19.6 Å². The molecule has 3 unspecified atom stereocenters. The second-order valence-electron chi connectivity index (χ2n) is 18.8. The number of aryl methyl sites for hydroxylation is 1. The zero-order chi connectivity index (χ0) is 39.4. The van der Waals surface area contributed by atoms with Crippen LogP contribution in [-0.2, 0) is 13.0 Å². The van der Waals surface area contributed by atoms with Crippen molar-refractivity contribution >= 4 is 13.3 Å². The van der Waals surface area contributed by atoms with Gasteiger partial charge in [-0.15, -0.1) is 0 Å². The summed E-state index contributed by atoms with van der Waals surface area (Å²) in [5.74, 6) is 2.03. The van der Waals surface area contributed by atoms with Crippen molar-refractivity contribution < 1.29 is 9.13 Å². The average molecular weight is 765 g/mol. The number of rotatable bonds is 6. The highest BCUT2D eigenvalue weighted by atomic mass is 28.3. The number of benzene rings is 4. The molecule has 0 saturated heterocycles. The maximum absolute atomic E-state index is 5.09. The molecular weight excluding hydrogens is 705 g/mol. The minimum atomic E-state index is -1.72. The number of pyridine rings is 2. The van der Waals surface area contributed by atoms with E-state index in [4.69, 9.17) is 6.58 Å². The van der Waals surface area contributed by atoms with Gasteiger partial charge in [0, 0.05) is 34.0 Å². The zero-order valence-corrected chi connectivity index (χ0v) is 36.1. The Morgan fingerprint density at radius 3 is 2.02 bits per heavy atom. The molecule has 1 aliphatic carbocycles. The van der Waals surface area contributed by atoms with Gasteiger partial charge in [-0.1, -0.05) is 151 Å². The van der Waals surface area contributed by atoms with Gasteiger partial charge < -0.3 is 0 Å². The third kappa shape index (κ3) is 6.97. The standard InChI is InChI=1S/C54H60N2Si/c1-36(2)50-34-55-33-37(3)54-47(45-24-16-17-25-46(45)52-31-48(38(4)39-18-14-15-19-39)53(35-56(52)54)57(5,6)7)29-27-43-30-42(40-20-10-8-11-21-40)26-28-44(43)51(55)32-49(50)41-22-12-9-13-23-41/h8-13,16-17,20-26,28,30-32,34-36,38-39,47,54H,3,14-15,18-19,27,29,33H2,1-2,4-7H3/q+2. The lowest BCUT2D eigenvalue weighted by molar-refractivity contribution is -0.722. The van der Waals surface area contributed by atoms with Crippen molar-refractivity contribution in [1.82, 2.24) is 0 Å². The van der Waals surface area contributed by atoms with Crippen molar-refractivity contribution in [3.8, 4) is 44.8 Å². The van der Waals surface area contributed by atoms with Crippen LogP contribution in [0.5, 0.6) is 0 Å². The first kappa shape index (κ1) is 37.7. The molecule has 1 fully saturated rings. The minimum Gasteiger partial charge on any atom is -0.194 e. The van der Waals surface area contributed by atoms with Crippen molar-refractivity contribution in [2.24, 2.45) is 5.92 Å². The molecule has 4 heterocycles. The molecular formula is C54H60N2Si+2. The van der Waals surface area contributed by atoms with Crippen molar-refractivity contribution in [1.29, 1.82) is 0 Å². The summed E-state index contributed by atoms with van der Waals surface area (Å²) in [5, 5.41) is 1.63. The third-order valence-electron chi connectivity index (χ3n) is 13.8. The third-order valence-corrected chi connectivity index (χ3v) is 15.8. The number of hydrogen-bond donors (Lipinski definition) is 0. The molecule has 0 bridgehead atoms. The highest BCUT2D eigenvalue weighted by molar-refractivity contribution is 6.89. The van der Waals surface area contributed by atoms with Gasteiger partial charge in [-0.3, -0.25) is 0 Å². The van der Waals surface area contributed by atoms with Gasteiger partial charge in [0.1, 0.15) is 0 Å². The lowest BCUT2D eigenvalue weighted by Crippen LogP contribution is -2.55. The summed E-state index contributed by atoms with van der Waals surface area (Å²) < 4.78 is 5.28. The molecule has 0 amide bonds. The Kier molecular flexibility index (Phi) is 10.0. The van der Waals surface area contributed by atoms with E-state index in [9.17, 15) is 0 Å². The van der Waals surface area contributed by atoms with E-state index in [-0.39, 0.29) is 6.04 Å². The molecule has 57 heavy (non-hydrogen) atoms. The Bertz CT molecular complexity index is 2450. The molecule has 2 aliphatic heterocycles. The van der Waals surface area contributed by atoms with Gasteiger partial charge in [0.25, 0.3) is 0 Å². The molecule has 0 N–H and O–H groups in total. The molecule has 288 valence electrons. The van der Waals surface area contributed by atoms with Gasteiger partial charge >= 0.3 is 0 Å². The molecule has 3 atom stereocenters. The van der Waals surface area contributed by atoms with E-state index >= 15 is 0 Å². The largest absolute Gasteiger partial charge is 0.213 e. The number of nitrogens with zero attached hydrogens (tertiary/aromatic N) is 2. The summed E-state index contributed by atoms with van der Waals surface area (Å²) in [6.07, 6.45) is 12.6. The van der Waals surface area contributed by atoms with E-state index in [0.717, 1.165) is 25.3 Å². The minimum absolute atomic E-state index is 0.149. The first-order valence-corrected chi connectivity index (χ1v) is 25.2. The van der Waals surface area contributed by atoms with Gasteiger partial charge in [-0.2, -0.15) is 9.13 Å². The average Bonchev–Trinajstić information content (AvgIpc) is 3.77. The van der Waals surface area contributed by atoms with Gasteiger partial charge in [0.15, 0.2) is 25.0 Å². The van der Waals surface area contributed by atoms with Crippen molar-refractivity contribution in [2.75, 3.05) is 0 Å². The van der Waals surface area contributed by atoms with Gasteiger partial charge in [0.2, 0.25) is 11.4 Å². The molecule has 0 radical (unpaired) electrons. The Morgan fingerprint density at radius 2 is 1.32 bits per heavy atom. The molecule has 2 aromatic heterocycles. The molecule has 1 saturated carbocycles. The van der Waals surface area contributed by atoms with E-state index in [1.807, 2.05) is 0 Å². The van der Waals surface area contributed by atoms with E-state index in [1.165, 1.54) is 92.7 Å². The topological polar surface area (TPSA) is 7.76 Å². The molecule has 3 aliphatic rings. The summed E-state index contributed by atoms with van der Waals surface area (Å²) in [4.78, 5) is 0. The van der Waals surface area contributed by atoms with E-state index < -0.39 is 8.07 Å². The predicted molar refractivity (Wildman–Crippen MR) is 242 cm³/mol. The van der Waals surface area contributed by atoms with Crippen molar-refractivity contribution in [3.63, 3.8) is 0 Å². The highest BCUT2D eigenvalue weighted by Crippen LogP contribution is 2.46. The quantitative estimate of drug-likeness (QED) is 0.0906. The van der Waals surface area contributed by atoms with Crippen LogP contribution in [0.15, 0.2) is 140 Å². The summed E-state index contributed by atoms with van der Waals surface area (Å²) in [5.41, 5.74) is 17.7. The van der Waals surface area contributed by atoms with Crippen molar-refractivity contribution in [3.05, 3.63) is 162 Å². The fourth-order valence-corrected chi connectivity index (χ4v) is 12.4. The second kappa shape index (κ2) is 15.1. The van der Waals surface area contributed by atoms with Gasteiger partial charge in [0.05, 0.1) is 19.6 Å². The number of allylic oxidation sites excluding steroid dienone is 1. The Morgan fingerprint density at radius 1 is 0.632 bits per heavy atom. The number of aromatic nitrogens is 2. The van der Waals surface area contributed by atoms with E-state index in [2.05, 4.69) is 177 Å². The normalized spacial score (nSPS) is 18.6. The van der Waals surface area contributed by atoms with Crippen LogP contribution >= 0.6 is 0 Å². The maximum Gasteiger partial charge on any atom is 0.213 e. The smallest absolute Gasteiger partial charge is 0.194 e. The highest BCUT2D eigenvalue weighted by Gasteiger charge is 2.45. The number of hydrogen-bond acceptors (Lipinski definition) is 0. The van der Waals surface area contributed by atoms with Gasteiger partial charge in [-0.05, 0) is 94.5 Å². The first-order chi connectivity index (χ1) is 27.6. The summed E-state index contributed by atoms with van der Waals surface area (Å²) >= 11 is 0. The Labute approximate surface area is 343 Å². The zero-order valence-electron chi connectivity index (χ0n) is 35.1.